The maximum absolute atomic E-state index is 12.0. The number of fused-ring (bicyclic) bond motifs is 12. The van der Waals surface area contributed by atoms with Gasteiger partial charge in [0.05, 0.1) is 12.5 Å². The van der Waals surface area contributed by atoms with E-state index in [4.69, 9.17) is 4.74 Å². The lowest BCUT2D eigenvalue weighted by molar-refractivity contribution is -0.143. The van der Waals surface area contributed by atoms with Crippen molar-refractivity contribution < 1.29 is 9.53 Å². The van der Waals surface area contributed by atoms with Crippen molar-refractivity contribution in [1.82, 2.24) is 0 Å². The first kappa shape index (κ1) is 10.3. The number of ether oxygens (including phenoxy) is 1. The van der Waals surface area contributed by atoms with E-state index < -0.39 is 0 Å². The van der Waals surface area contributed by atoms with Crippen molar-refractivity contribution in [1.29, 1.82) is 0 Å². The van der Waals surface area contributed by atoms with Gasteiger partial charge in [-0.3, -0.25) is 4.79 Å². The largest absolute Gasteiger partial charge is 0.465 e. The van der Waals surface area contributed by atoms with Crippen LogP contribution in [0.1, 0.15) is 32.6 Å². The normalized spacial score (nSPS) is 63.2. The van der Waals surface area contributed by atoms with Crippen LogP contribution in [0.2, 0.25) is 0 Å². The molecule has 0 spiro atoms. The molecule has 2 heteroatoms. The summed E-state index contributed by atoms with van der Waals surface area (Å²) < 4.78 is 5.37. The lowest BCUT2D eigenvalue weighted by Crippen LogP contribution is -2.40. The minimum atomic E-state index is 0.154. The number of esters is 1. The summed E-state index contributed by atoms with van der Waals surface area (Å²) >= 11 is 0. The van der Waals surface area contributed by atoms with E-state index in [0.29, 0.717) is 17.8 Å². The van der Waals surface area contributed by atoms with Crippen molar-refractivity contribution in [2.24, 2.45) is 53.3 Å². The SMILES string of the molecule is CCC1CC2CC1C1C3CC(C4COC(=O)C43)C21. The fourth-order valence-electron chi connectivity index (χ4n) is 7.20. The Balaban J connectivity index is 1.53. The molecule has 0 aromatic heterocycles. The summed E-state index contributed by atoms with van der Waals surface area (Å²) in [6.07, 6.45) is 5.72. The number of carbonyl (C=O) groups is 1. The topological polar surface area (TPSA) is 26.3 Å². The molecule has 0 N–H and O–H groups in total. The Morgan fingerprint density at radius 3 is 2.78 bits per heavy atom. The molecule has 5 fully saturated rings. The van der Waals surface area contributed by atoms with Crippen LogP contribution >= 0.6 is 0 Å². The van der Waals surface area contributed by atoms with Crippen molar-refractivity contribution in [2.75, 3.05) is 6.61 Å². The monoisotopic (exact) mass is 246 g/mol. The van der Waals surface area contributed by atoms with E-state index in [0.717, 1.165) is 42.1 Å². The van der Waals surface area contributed by atoms with Gasteiger partial charge in [0.15, 0.2) is 0 Å². The first-order chi connectivity index (χ1) is 8.79. The number of hydrogen-bond acceptors (Lipinski definition) is 2. The second kappa shape index (κ2) is 3.13. The van der Waals surface area contributed by atoms with Crippen molar-refractivity contribution in [3.8, 4) is 0 Å². The molecule has 0 amide bonds. The molecule has 9 unspecified atom stereocenters. The molecule has 0 aromatic carbocycles. The Bertz CT molecular complexity index is 417. The Kier molecular flexibility index (Phi) is 1.79. The second-order valence-electron chi connectivity index (χ2n) is 7.60. The zero-order valence-corrected chi connectivity index (χ0v) is 11.0. The minimum absolute atomic E-state index is 0.154. The maximum Gasteiger partial charge on any atom is 0.309 e. The van der Waals surface area contributed by atoms with Gasteiger partial charge in [0.2, 0.25) is 0 Å². The van der Waals surface area contributed by atoms with Gasteiger partial charge < -0.3 is 4.74 Å². The van der Waals surface area contributed by atoms with E-state index in [1.165, 1.54) is 25.7 Å². The van der Waals surface area contributed by atoms with Crippen molar-refractivity contribution in [2.45, 2.75) is 32.6 Å². The highest BCUT2D eigenvalue weighted by Gasteiger charge is 2.69. The van der Waals surface area contributed by atoms with Gasteiger partial charge in [-0.25, -0.2) is 0 Å². The summed E-state index contributed by atoms with van der Waals surface area (Å²) in [6, 6.07) is 0. The number of cyclic esters (lactones) is 1. The predicted molar refractivity (Wildman–Crippen MR) is 66.5 cm³/mol. The molecular weight excluding hydrogens is 224 g/mol. The molecule has 98 valence electrons. The molecule has 4 aliphatic carbocycles. The predicted octanol–water partition coefficient (Wildman–Crippen LogP) is 2.72. The Morgan fingerprint density at radius 1 is 1.06 bits per heavy atom. The fourth-order valence-corrected chi connectivity index (χ4v) is 7.20. The van der Waals surface area contributed by atoms with Crippen LogP contribution in [0, 0.1) is 53.3 Å². The van der Waals surface area contributed by atoms with E-state index >= 15 is 0 Å². The zero-order valence-electron chi connectivity index (χ0n) is 11.0. The molecule has 0 radical (unpaired) electrons. The van der Waals surface area contributed by atoms with Crippen LogP contribution in [0.15, 0.2) is 0 Å². The lowest BCUT2D eigenvalue weighted by Gasteiger charge is -2.41. The van der Waals surface area contributed by atoms with E-state index in [-0.39, 0.29) is 5.97 Å². The fraction of sp³-hybridized carbons (Fsp3) is 0.938. The van der Waals surface area contributed by atoms with E-state index in [1.54, 1.807) is 0 Å². The molecule has 1 heterocycles. The summed E-state index contributed by atoms with van der Waals surface area (Å²) in [5.74, 6) is 7.49. The van der Waals surface area contributed by atoms with Crippen LogP contribution < -0.4 is 0 Å². The van der Waals surface area contributed by atoms with Gasteiger partial charge in [-0.1, -0.05) is 13.3 Å². The van der Waals surface area contributed by atoms with Gasteiger partial charge in [0.1, 0.15) is 0 Å². The third-order valence-electron chi connectivity index (χ3n) is 7.49. The quantitative estimate of drug-likeness (QED) is 0.525. The van der Waals surface area contributed by atoms with E-state index in [9.17, 15) is 4.79 Å². The molecule has 1 saturated heterocycles. The van der Waals surface area contributed by atoms with Crippen molar-refractivity contribution in [3.05, 3.63) is 0 Å². The van der Waals surface area contributed by atoms with E-state index in [2.05, 4.69) is 6.92 Å². The second-order valence-corrected chi connectivity index (χ2v) is 7.60. The van der Waals surface area contributed by atoms with Gasteiger partial charge in [-0.05, 0) is 60.7 Å². The average molecular weight is 246 g/mol. The summed E-state index contributed by atoms with van der Waals surface area (Å²) in [5.41, 5.74) is 0. The highest BCUT2D eigenvalue weighted by molar-refractivity contribution is 5.76. The summed E-state index contributed by atoms with van der Waals surface area (Å²) in [4.78, 5) is 12.0. The van der Waals surface area contributed by atoms with Gasteiger partial charge >= 0.3 is 5.97 Å². The molecule has 5 aliphatic rings. The molecule has 4 saturated carbocycles. The Morgan fingerprint density at radius 2 is 1.94 bits per heavy atom. The molecule has 18 heavy (non-hydrogen) atoms. The number of carbonyl (C=O) groups excluding carboxylic acids is 1. The van der Waals surface area contributed by atoms with Crippen LogP contribution in [0.4, 0.5) is 0 Å². The highest BCUT2D eigenvalue weighted by atomic mass is 16.5. The van der Waals surface area contributed by atoms with Crippen LogP contribution in [-0.4, -0.2) is 12.6 Å². The van der Waals surface area contributed by atoms with Gasteiger partial charge in [0.25, 0.3) is 0 Å². The third-order valence-corrected chi connectivity index (χ3v) is 7.49. The zero-order chi connectivity index (χ0) is 12.0. The van der Waals surface area contributed by atoms with Crippen LogP contribution in [0.25, 0.3) is 0 Å². The molecule has 1 aliphatic heterocycles. The van der Waals surface area contributed by atoms with Gasteiger partial charge in [-0.15, -0.1) is 0 Å². The van der Waals surface area contributed by atoms with Crippen LogP contribution in [0.3, 0.4) is 0 Å². The number of rotatable bonds is 1. The van der Waals surface area contributed by atoms with Gasteiger partial charge in [-0.2, -0.15) is 0 Å². The Hall–Kier alpha value is -0.530. The number of hydrogen-bond donors (Lipinski definition) is 0. The molecule has 0 aromatic rings. The maximum atomic E-state index is 12.0. The molecule has 2 nitrogen and oxygen atoms in total. The van der Waals surface area contributed by atoms with E-state index in [1.807, 2.05) is 0 Å². The molecule has 9 atom stereocenters. The van der Waals surface area contributed by atoms with Crippen LogP contribution in [0.5, 0.6) is 0 Å². The molecular formula is C16H22O2. The smallest absolute Gasteiger partial charge is 0.309 e. The molecule has 5 rings (SSSR count). The first-order valence-corrected chi connectivity index (χ1v) is 7.96. The van der Waals surface area contributed by atoms with Crippen molar-refractivity contribution in [3.63, 3.8) is 0 Å². The summed E-state index contributed by atoms with van der Waals surface area (Å²) in [5, 5.41) is 0. The standard InChI is InChI=1S/C16H22O2/c1-2-7-3-8-4-9(7)14-11-5-10(13(8)14)12-6-18-16(17)15(11)12/h7-15H,2-6H2,1H3. The summed E-state index contributed by atoms with van der Waals surface area (Å²) in [6.45, 7) is 3.11. The first-order valence-electron chi connectivity index (χ1n) is 7.96. The highest BCUT2D eigenvalue weighted by Crippen LogP contribution is 2.72. The Labute approximate surface area is 108 Å². The minimum Gasteiger partial charge on any atom is -0.465 e. The lowest BCUT2D eigenvalue weighted by atomic mass is 9.62. The van der Waals surface area contributed by atoms with Gasteiger partial charge in [0, 0.05) is 5.92 Å². The van der Waals surface area contributed by atoms with Crippen LogP contribution in [-0.2, 0) is 9.53 Å². The third kappa shape index (κ3) is 0.947. The van der Waals surface area contributed by atoms with Crippen molar-refractivity contribution >= 4 is 5.97 Å². The summed E-state index contributed by atoms with van der Waals surface area (Å²) in [7, 11) is 0. The average Bonchev–Trinajstić information content (AvgIpc) is 3.11. The molecule has 4 bridgehead atoms.